The van der Waals surface area contributed by atoms with Crippen LogP contribution in [0.5, 0.6) is 0 Å². The third kappa shape index (κ3) is 3.19. The first-order chi connectivity index (χ1) is 4.00. The third-order valence-electron chi connectivity index (χ3n) is 0.566. The molecular weight excluding hydrogens is 255 g/mol. The van der Waals surface area contributed by atoms with E-state index in [1.807, 2.05) is 0 Å². The summed E-state index contributed by atoms with van der Waals surface area (Å²) in [7, 11) is 0. The van der Waals surface area contributed by atoms with Gasteiger partial charge in [-0.1, -0.05) is 0 Å². The highest BCUT2D eigenvalue weighted by Crippen LogP contribution is 2.23. The Morgan fingerprint density at radius 1 is 1.44 bits per heavy atom. The summed E-state index contributed by atoms with van der Waals surface area (Å²) >= 11 is 1.13. The van der Waals surface area contributed by atoms with Crippen molar-refractivity contribution in [3.05, 3.63) is 0 Å². The van der Waals surface area contributed by atoms with Gasteiger partial charge in [-0.3, -0.25) is 0 Å². The molecule has 0 bridgehead atoms. The molecule has 0 saturated heterocycles. The zero-order chi connectivity index (χ0) is 7.49. The summed E-state index contributed by atoms with van der Waals surface area (Å²) in [4.78, 5) is 0. The maximum absolute atomic E-state index is 11.7. The second kappa shape index (κ2) is 3.55. The van der Waals surface area contributed by atoms with E-state index in [4.69, 9.17) is 0 Å². The van der Waals surface area contributed by atoms with Gasteiger partial charge in [-0.2, -0.15) is 8.78 Å². The van der Waals surface area contributed by atoms with Crippen molar-refractivity contribution in [3.8, 4) is 0 Å². The minimum Gasteiger partial charge on any atom is -0.309 e. The molecule has 1 nitrogen and oxygen atoms in total. The van der Waals surface area contributed by atoms with E-state index >= 15 is 0 Å². The predicted molar refractivity (Wildman–Crippen MR) is 30.9 cm³/mol. The number of hydrogen-bond donors (Lipinski definition) is 0. The largest absolute Gasteiger partial charge is 0.331 e. The van der Waals surface area contributed by atoms with Gasteiger partial charge in [0.25, 0.3) is 0 Å². The maximum atomic E-state index is 11.7. The van der Waals surface area contributed by atoms with Gasteiger partial charge in [0.2, 0.25) is 0 Å². The van der Waals surface area contributed by atoms with Crippen LogP contribution in [0.25, 0.3) is 0 Å². The molecule has 0 N–H and O–H groups in total. The van der Waals surface area contributed by atoms with Gasteiger partial charge in [0.05, 0.1) is 0 Å². The van der Waals surface area contributed by atoms with Crippen LogP contribution in [0, 0.1) is 0 Å². The van der Waals surface area contributed by atoms with Crippen LogP contribution < -0.4 is 0 Å². The maximum Gasteiger partial charge on any atom is 0.331 e. The van der Waals surface area contributed by atoms with E-state index in [2.05, 4.69) is 3.07 Å². The van der Waals surface area contributed by atoms with Crippen molar-refractivity contribution < 1.29 is 20.6 Å². The molecule has 56 valence electrons. The first-order valence-electron chi connectivity index (χ1n) is 1.90. The Kier molecular flexibility index (Phi) is 3.71. The first-order valence-corrected chi connectivity index (χ1v) is 2.78. The zero-order valence-corrected chi connectivity index (χ0v) is 6.24. The fourth-order valence-corrected chi connectivity index (χ4v) is 0.551. The molecule has 9 heavy (non-hydrogen) atoms. The van der Waals surface area contributed by atoms with Gasteiger partial charge in [0.15, 0.2) is 0 Å². The van der Waals surface area contributed by atoms with E-state index in [9.17, 15) is 17.6 Å². The molecule has 0 aliphatic heterocycles. The van der Waals surface area contributed by atoms with Crippen LogP contribution in [-0.4, -0.2) is 19.0 Å². The van der Waals surface area contributed by atoms with E-state index < -0.39 is 19.0 Å². The van der Waals surface area contributed by atoms with Gasteiger partial charge in [-0.15, -0.1) is 0 Å². The van der Waals surface area contributed by atoms with E-state index in [-0.39, 0.29) is 0 Å². The van der Waals surface area contributed by atoms with E-state index in [1.54, 1.807) is 0 Å². The lowest BCUT2D eigenvalue weighted by atomic mass is 10.4. The lowest BCUT2D eigenvalue weighted by Crippen LogP contribution is -2.30. The number of alkyl halides is 4. The molecule has 6 heteroatoms. The third-order valence-corrected chi connectivity index (χ3v) is 0.878. The Labute approximate surface area is 63.1 Å². The average Bonchev–Trinajstić information content (AvgIpc) is 1.65. The van der Waals surface area contributed by atoms with Crippen molar-refractivity contribution in [1.82, 2.24) is 0 Å². The monoisotopic (exact) mass is 258 g/mol. The molecule has 0 heterocycles. The van der Waals surface area contributed by atoms with Crippen molar-refractivity contribution in [2.75, 3.05) is 6.61 Å². The lowest BCUT2D eigenvalue weighted by Gasteiger charge is -2.11. The fourth-order valence-electron chi connectivity index (χ4n) is 0.136. The highest BCUT2D eigenvalue weighted by Gasteiger charge is 2.40. The van der Waals surface area contributed by atoms with Gasteiger partial charge in [0, 0.05) is 0 Å². The number of hydrogen-bond acceptors (Lipinski definition) is 1. The first kappa shape index (κ1) is 9.41. The summed E-state index contributed by atoms with van der Waals surface area (Å²) in [5.74, 6) is -4.01. The van der Waals surface area contributed by atoms with Crippen LogP contribution in [-0.2, 0) is 3.07 Å². The van der Waals surface area contributed by atoms with E-state index in [0.717, 1.165) is 23.0 Å². The molecule has 0 rings (SSSR count). The van der Waals surface area contributed by atoms with Gasteiger partial charge >= 0.3 is 12.3 Å². The van der Waals surface area contributed by atoms with Crippen LogP contribution in [0.1, 0.15) is 0 Å². The molecule has 0 aromatic heterocycles. The van der Waals surface area contributed by atoms with Gasteiger partial charge in [-0.25, -0.2) is 8.78 Å². The quantitative estimate of drug-likeness (QED) is 0.557. The van der Waals surface area contributed by atoms with E-state index in [1.165, 1.54) is 0 Å². The van der Waals surface area contributed by atoms with Crippen LogP contribution in [0.4, 0.5) is 17.6 Å². The molecule has 0 saturated carbocycles. The van der Waals surface area contributed by atoms with Crippen molar-refractivity contribution in [2.24, 2.45) is 0 Å². The minimum atomic E-state index is -4.01. The molecular formula is C3H3F4IO. The molecule has 0 amide bonds. The van der Waals surface area contributed by atoms with Crippen molar-refractivity contribution in [2.45, 2.75) is 12.3 Å². The summed E-state index contributed by atoms with van der Waals surface area (Å²) in [5, 5.41) is 0. The topological polar surface area (TPSA) is 9.23 Å². The molecule has 0 atom stereocenters. The average molecular weight is 258 g/mol. The van der Waals surface area contributed by atoms with Crippen molar-refractivity contribution >= 4 is 23.0 Å². The highest BCUT2D eigenvalue weighted by molar-refractivity contribution is 14.1. The zero-order valence-electron chi connectivity index (χ0n) is 4.08. The molecule has 0 radical (unpaired) electrons. The molecule has 0 spiro atoms. The Balaban J connectivity index is 3.70. The second-order valence-electron chi connectivity index (χ2n) is 1.32. The van der Waals surface area contributed by atoms with E-state index in [0.29, 0.717) is 0 Å². The minimum absolute atomic E-state index is 1.13. The smallest absolute Gasteiger partial charge is 0.309 e. The van der Waals surface area contributed by atoms with Gasteiger partial charge in [0.1, 0.15) is 29.6 Å². The fraction of sp³-hybridized carbons (Fsp3) is 1.00. The summed E-state index contributed by atoms with van der Waals surface area (Å²) in [6.45, 7) is -1.24. The van der Waals surface area contributed by atoms with Crippen molar-refractivity contribution in [1.29, 1.82) is 0 Å². The lowest BCUT2D eigenvalue weighted by molar-refractivity contribution is -0.142. The van der Waals surface area contributed by atoms with Crippen LogP contribution >= 0.6 is 23.0 Å². The SMILES string of the molecule is FC(F)C(F)(F)COI. The van der Waals surface area contributed by atoms with Crippen LogP contribution in [0.3, 0.4) is 0 Å². The van der Waals surface area contributed by atoms with Gasteiger partial charge < -0.3 is 3.07 Å². The molecule has 0 aromatic rings. The Hall–Kier alpha value is 0.410. The summed E-state index contributed by atoms with van der Waals surface area (Å²) < 4.78 is 49.5. The Morgan fingerprint density at radius 2 is 1.89 bits per heavy atom. The second-order valence-corrected chi connectivity index (χ2v) is 1.94. The van der Waals surface area contributed by atoms with Crippen LogP contribution in [0.15, 0.2) is 0 Å². The van der Waals surface area contributed by atoms with Gasteiger partial charge in [-0.05, 0) is 0 Å². The van der Waals surface area contributed by atoms with Crippen molar-refractivity contribution in [3.63, 3.8) is 0 Å². The summed E-state index contributed by atoms with van der Waals surface area (Å²) in [5.41, 5.74) is 0. The van der Waals surface area contributed by atoms with Crippen LogP contribution in [0.2, 0.25) is 0 Å². The highest BCUT2D eigenvalue weighted by atomic mass is 127. The number of rotatable bonds is 3. The molecule has 0 aromatic carbocycles. The predicted octanol–water partition coefficient (Wildman–Crippen LogP) is 2.25. The summed E-state index contributed by atoms with van der Waals surface area (Å²) in [6.07, 6.45) is -3.65. The molecule has 0 aliphatic rings. The number of halogens is 5. The summed E-state index contributed by atoms with van der Waals surface area (Å²) in [6, 6.07) is 0. The molecule has 0 fully saturated rings. The Morgan fingerprint density at radius 3 is 2.00 bits per heavy atom. The molecule has 0 aliphatic carbocycles. The Bertz CT molecular complexity index is 85.9. The normalized spacial score (nSPS) is 12.7. The molecule has 0 unspecified atom stereocenters. The standard InChI is InChI=1S/C3H3F4IO/c4-2(5)3(6,7)1-9-8/h2H,1H2.